The van der Waals surface area contributed by atoms with Crippen molar-refractivity contribution < 1.29 is 0 Å². The summed E-state index contributed by atoms with van der Waals surface area (Å²) < 4.78 is 2.18. The molecule has 1 aliphatic carbocycles. The van der Waals surface area contributed by atoms with Crippen LogP contribution in [-0.4, -0.2) is 34.3 Å². The summed E-state index contributed by atoms with van der Waals surface area (Å²) in [6, 6.07) is 3.11. The Morgan fingerprint density at radius 3 is 2.75 bits per heavy atom. The van der Waals surface area contributed by atoms with E-state index >= 15 is 0 Å². The molecule has 0 aliphatic heterocycles. The summed E-state index contributed by atoms with van der Waals surface area (Å²) in [5, 5.41) is 4.74. The third-order valence-electron chi connectivity index (χ3n) is 4.49. The third kappa shape index (κ3) is 4.32. The van der Waals surface area contributed by atoms with Gasteiger partial charge in [0.05, 0.1) is 11.7 Å². The zero-order valence-corrected chi connectivity index (χ0v) is 13.3. The first kappa shape index (κ1) is 15.5. The van der Waals surface area contributed by atoms with Crippen LogP contribution in [0.4, 0.5) is 0 Å². The van der Waals surface area contributed by atoms with Gasteiger partial charge in [0, 0.05) is 18.8 Å². The van der Waals surface area contributed by atoms with E-state index in [0.29, 0.717) is 18.0 Å². The lowest BCUT2D eigenvalue weighted by Gasteiger charge is -2.20. The molecular weight excluding hydrogens is 248 g/mol. The van der Waals surface area contributed by atoms with E-state index in [-0.39, 0.29) is 0 Å². The number of hydrogen-bond donors (Lipinski definition) is 1. The normalized spacial score (nSPS) is 18.3. The number of nitrogens with two attached hydrogens (primary N) is 1. The average molecular weight is 278 g/mol. The van der Waals surface area contributed by atoms with Crippen LogP contribution in [0.2, 0.25) is 0 Å². The lowest BCUT2D eigenvalue weighted by molar-refractivity contribution is 0.291. The molecular formula is C16H30N4. The van der Waals surface area contributed by atoms with Gasteiger partial charge in [0.15, 0.2) is 0 Å². The van der Waals surface area contributed by atoms with Gasteiger partial charge in [0.1, 0.15) is 0 Å². The molecule has 0 amide bonds. The van der Waals surface area contributed by atoms with Crippen LogP contribution in [-0.2, 0) is 6.54 Å². The minimum Gasteiger partial charge on any atom is -0.327 e. The molecule has 0 radical (unpaired) electrons. The second-order valence-corrected chi connectivity index (χ2v) is 6.66. The molecule has 20 heavy (non-hydrogen) atoms. The van der Waals surface area contributed by atoms with Gasteiger partial charge in [-0.25, -0.2) is 0 Å². The van der Waals surface area contributed by atoms with Gasteiger partial charge in [-0.1, -0.05) is 26.7 Å². The van der Waals surface area contributed by atoms with Crippen molar-refractivity contribution in [1.29, 1.82) is 0 Å². The maximum Gasteiger partial charge on any atom is 0.0764 e. The van der Waals surface area contributed by atoms with Crippen LogP contribution in [0.3, 0.4) is 0 Å². The van der Waals surface area contributed by atoms with Crippen LogP contribution >= 0.6 is 0 Å². The summed E-state index contributed by atoms with van der Waals surface area (Å²) in [4.78, 5) is 2.32. The van der Waals surface area contributed by atoms with E-state index in [1.807, 2.05) is 0 Å². The monoisotopic (exact) mass is 278 g/mol. The highest BCUT2D eigenvalue weighted by molar-refractivity contribution is 5.00. The Kier molecular flexibility index (Phi) is 5.61. The molecule has 1 aliphatic rings. The van der Waals surface area contributed by atoms with Gasteiger partial charge in [-0.05, 0) is 44.8 Å². The zero-order chi connectivity index (χ0) is 14.5. The molecule has 1 aromatic heterocycles. The highest BCUT2D eigenvalue weighted by Gasteiger charge is 2.17. The molecule has 4 nitrogen and oxygen atoms in total. The van der Waals surface area contributed by atoms with E-state index in [1.165, 1.54) is 31.4 Å². The molecule has 2 rings (SSSR count). The van der Waals surface area contributed by atoms with E-state index in [0.717, 1.165) is 19.5 Å². The number of rotatable bonds is 7. The maximum absolute atomic E-state index is 6.10. The summed E-state index contributed by atoms with van der Waals surface area (Å²) in [5.74, 6) is 0.560. The molecule has 1 heterocycles. The van der Waals surface area contributed by atoms with Gasteiger partial charge in [0.2, 0.25) is 0 Å². The Morgan fingerprint density at radius 2 is 2.10 bits per heavy atom. The summed E-state index contributed by atoms with van der Waals surface area (Å²) in [5.41, 5.74) is 7.28. The average Bonchev–Trinajstić information content (AvgIpc) is 3.05. The van der Waals surface area contributed by atoms with Gasteiger partial charge in [-0.3, -0.25) is 4.68 Å². The van der Waals surface area contributed by atoms with Crippen molar-refractivity contribution in [2.45, 2.75) is 64.6 Å². The van der Waals surface area contributed by atoms with Gasteiger partial charge in [-0.2, -0.15) is 5.10 Å². The van der Waals surface area contributed by atoms with E-state index in [4.69, 9.17) is 10.8 Å². The standard InChI is InChI=1S/C16H30N4/c1-13(2)16(17)9-10-19(3)12-14-8-11-20(18-14)15-6-4-5-7-15/h8,11,13,15-16H,4-7,9-10,12,17H2,1-3H3. The molecule has 0 spiro atoms. The first-order valence-electron chi connectivity index (χ1n) is 8.04. The molecule has 0 bridgehead atoms. The quantitative estimate of drug-likeness (QED) is 0.834. The second-order valence-electron chi connectivity index (χ2n) is 6.66. The lowest BCUT2D eigenvalue weighted by Crippen LogP contribution is -2.31. The molecule has 4 heteroatoms. The van der Waals surface area contributed by atoms with Crippen LogP contribution in [0.25, 0.3) is 0 Å². The number of aromatic nitrogens is 2. The van der Waals surface area contributed by atoms with Gasteiger partial charge < -0.3 is 10.6 Å². The van der Waals surface area contributed by atoms with Crippen molar-refractivity contribution in [1.82, 2.24) is 14.7 Å². The minimum atomic E-state index is 0.300. The Hall–Kier alpha value is -0.870. The SMILES string of the molecule is CC(C)C(N)CCN(C)Cc1ccn(C2CCCC2)n1. The van der Waals surface area contributed by atoms with Crippen LogP contribution in [0.5, 0.6) is 0 Å². The fraction of sp³-hybridized carbons (Fsp3) is 0.812. The molecule has 1 unspecified atom stereocenters. The van der Waals surface area contributed by atoms with Gasteiger partial charge in [-0.15, -0.1) is 0 Å². The van der Waals surface area contributed by atoms with Crippen LogP contribution in [0.1, 0.15) is 57.7 Å². The fourth-order valence-corrected chi connectivity index (χ4v) is 2.89. The summed E-state index contributed by atoms with van der Waals surface area (Å²) >= 11 is 0. The zero-order valence-electron chi connectivity index (χ0n) is 13.3. The van der Waals surface area contributed by atoms with E-state index < -0.39 is 0 Å². The summed E-state index contributed by atoms with van der Waals surface area (Å²) in [6.07, 6.45) is 8.50. The van der Waals surface area contributed by atoms with Crippen LogP contribution in [0, 0.1) is 5.92 Å². The molecule has 1 saturated carbocycles. The molecule has 1 aromatic rings. The molecule has 0 aromatic carbocycles. The van der Waals surface area contributed by atoms with Crippen molar-refractivity contribution in [2.75, 3.05) is 13.6 Å². The number of hydrogen-bond acceptors (Lipinski definition) is 3. The highest BCUT2D eigenvalue weighted by atomic mass is 15.3. The first-order valence-corrected chi connectivity index (χ1v) is 8.04. The van der Waals surface area contributed by atoms with E-state index in [2.05, 4.69) is 42.7 Å². The Morgan fingerprint density at radius 1 is 1.40 bits per heavy atom. The van der Waals surface area contributed by atoms with Crippen LogP contribution in [0.15, 0.2) is 12.3 Å². The topological polar surface area (TPSA) is 47.1 Å². The second kappa shape index (κ2) is 7.23. The molecule has 0 saturated heterocycles. The molecule has 114 valence electrons. The summed E-state index contributed by atoms with van der Waals surface area (Å²) in [6.45, 7) is 6.34. The Bertz CT molecular complexity index is 393. The van der Waals surface area contributed by atoms with E-state index in [9.17, 15) is 0 Å². The predicted octanol–water partition coefficient (Wildman–Crippen LogP) is 2.80. The molecule has 1 fully saturated rings. The molecule has 2 N–H and O–H groups in total. The summed E-state index contributed by atoms with van der Waals surface area (Å²) in [7, 11) is 2.15. The third-order valence-corrected chi connectivity index (χ3v) is 4.49. The Labute approximate surface area is 123 Å². The number of nitrogens with zero attached hydrogens (tertiary/aromatic N) is 3. The van der Waals surface area contributed by atoms with Gasteiger partial charge >= 0.3 is 0 Å². The first-order chi connectivity index (χ1) is 9.56. The molecule has 1 atom stereocenters. The van der Waals surface area contributed by atoms with Crippen molar-refractivity contribution in [3.05, 3.63) is 18.0 Å². The highest BCUT2D eigenvalue weighted by Crippen LogP contribution is 2.28. The van der Waals surface area contributed by atoms with Crippen molar-refractivity contribution >= 4 is 0 Å². The van der Waals surface area contributed by atoms with Crippen molar-refractivity contribution in [2.24, 2.45) is 11.7 Å². The van der Waals surface area contributed by atoms with Crippen molar-refractivity contribution in [3.63, 3.8) is 0 Å². The smallest absolute Gasteiger partial charge is 0.0764 e. The minimum absolute atomic E-state index is 0.300. The maximum atomic E-state index is 6.10. The van der Waals surface area contributed by atoms with Gasteiger partial charge in [0.25, 0.3) is 0 Å². The van der Waals surface area contributed by atoms with Crippen molar-refractivity contribution in [3.8, 4) is 0 Å². The predicted molar refractivity (Wildman–Crippen MR) is 83.5 cm³/mol. The van der Waals surface area contributed by atoms with E-state index in [1.54, 1.807) is 0 Å². The Balaban J connectivity index is 1.77. The fourth-order valence-electron chi connectivity index (χ4n) is 2.89. The lowest BCUT2D eigenvalue weighted by atomic mass is 10.0. The van der Waals surface area contributed by atoms with Crippen LogP contribution < -0.4 is 5.73 Å². The largest absolute Gasteiger partial charge is 0.327 e.